The predicted octanol–water partition coefficient (Wildman–Crippen LogP) is 2.81. The van der Waals surface area contributed by atoms with Crippen molar-refractivity contribution in [2.75, 3.05) is 11.9 Å². The zero-order valence-corrected chi connectivity index (χ0v) is 12.9. The monoisotopic (exact) mass is 303 g/mol. The number of carbonyl (C=O) groups excluding carboxylic acids is 3. The lowest BCUT2D eigenvalue weighted by atomic mass is 9.86. The van der Waals surface area contributed by atoms with Crippen molar-refractivity contribution in [1.29, 1.82) is 0 Å². The summed E-state index contributed by atoms with van der Waals surface area (Å²) < 4.78 is 5.03. The van der Waals surface area contributed by atoms with Crippen molar-refractivity contribution in [3.05, 3.63) is 29.8 Å². The SMILES string of the molecule is CC(C)C(=O)Nc1ccc(C(=O)COC(=O)C2CCC2)cc1. The third kappa shape index (κ3) is 4.16. The van der Waals surface area contributed by atoms with E-state index in [2.05, 4.69) is 5.32 Å². The number of amides is 1. The molecule has 5 heteroatoms. The zero-order chi connectivity index (χ0) is 16.1. The summed E-state index contributed by atoms with van der Waals surface area (Å²) in [5.41, 5.74) is 1.10. The van der Waals surface area contributed by atoms with Crippen molar-refractivity contribution in [2.24, 2.45) is 11.8 Å². The second-order valence-electron chi connectivity index (χ2n) is 5.88. The topological polar surface area (TPSA) is 72.5 Å². The van der Waals surface area contributed by atoms with Crippen LogP contribution in [0.15, 0.2) is 24.3 Å². The highest BCUT2D eigenvalue weighted by atomic mass is 16.5. The molecular formula is C17H21NO4. The molecule has 5 nitrogen and oxygen atoms in total. The molecule has 22 heavy (non-hydrogen) atoms. The Balaban J connectivity index is 1.85. The molecule has 118 valence electrons. The van der Waals surface area contributed by atoms with Crippen LogP contribution in [0.3, 0.4) is 0 Å². The molecule has 1 N–H and O–H groups in total. The van der Waals surface area contributed by atoms with Crippen LogP contribution >= 0.6 is 0 Å². The van der Waals surface area contributed by atoms with Gasteiger partial charge in [-0.15, -0.1) is 0 Å². The number of ketones is 1. The molecule has 0 aromatic heterocycles. The Morgan fingerprint density at radius 2 is 1.82 bits per heavy atom. The molecule has 1 fully saturated rings. The van der Waals surface area contributed by atoms with Crippen LogP contribution in [0.2, 0.25) is 0 Å². The molecule has 1 aromatic carbocycles. The maximum atomic E-state index is 12.0. The van der Waals surface area contributed by atoms with E-state index >= 15 is 0 Å². The van der Waals surface area contributed by atoms with Crippen molar-refractivity contribution in [3.63, 3.8) is 0 Å². The van der Waals surface area contributed by atoms with E-state index in [1.165, 1.54) is 0 Å². The average molecular weight is 303 g/mol. The fourth-order valence-corrected chi connectivity index (χ4v) is 2.01. The molecule has 0 heterocycles. The summed E-state index contributed by atoms with van der Waals surface area (Å²) >= 11 is 0. The molecule has 0 bridgehead atoms. The first-order valence-electron chi connectivity index (χ1n) is 7.58. The number of hydrogen-bond acceptors (Lipinski definition) is 4. The van der Waals surface area contributed by atoms with Gasteiger partial charge in [0.1, 0.15) is 0 Å². The number of hydrogen-bond donors (Lipinski definition) is 1. The fourth-order valence-electron chi connectivity index (χ4n) is 2.01. The van der Waals surface area contributed by atoms with Crippen molar-refractivity contribution < 1.29 is 19.1 Å². The Bertz CT molecular complexity index is 559. The molecule has 0 aliphatic heterocycles. The number of rotatable bonds is 6. The van der Waals surface area contributed by atoms with Crippen LogP contribution in [0.5, 0.6) is 0 Å². The minimum Gasteiger partial charge on any atom is -0.457 e. The standard InChI is InChI=1S/C17H21NO4/c1-11(2)16(20)18-14-8-6-12(7-9-14)15(19)10-22-17(21)13-4-3-5-13/h6-9,11,13H,3-5,10H2,1-2H3,(H,18,20). The summed E-state index contributed by atoms with van der Waals surface area (Å²) in [5.74, 6) is -0.725. The lowest BCUT2D eigenvalue weighted by molar-refractivity contribution is -0.150. The highest BCUT2D eigenvalue weighted by Crippen LogP contribution is 2.27. The molecule has 1 aliphatic carbocycles. The lowest BCUT2D eigenvalue weighted by Crippen LogP contribution is -2.26. The number of anilines is 1. The Morgan fingerprint density at radius 3 is 2.32 bits per heavy atom. The minimum atomic E-state index is -0.277. The fraction of sp³-hybridized carbons (Fsp3) is 0.471. The van der Waals surface area contributed by atoms with Crippen LogP contribution in [-0.2, 0) is 14.3 Å². The maximum Gasteiger partial charge on any atom is 0.309 e. The molecule has 1 saturated carbocycles. The first-order valence-corrected chi connectivity index (χ1v) is 7.58. The van der Waals surface area contributed by atoms with E-state index in [0.29, 0.717) is 11.3 Å². The van der Waals surface area contributed by atoms with Gasteiger partial charge in [-0.3, -0.25) is 14.4 Å². The van der Waals surface area contributed by atoms with Gasteiger partial charge < -0.3 is 10.1 Å². The molecule has 1 aliphatic rings. The van der Waals surface area contributed by atoms with Gasteiger partial charge in [0.05, 0.1) is 5.92 Å². The van der Waals surface area contributed by atoms with Crippen LogP contribution in [0.25, 0.3) is 0 Å². The number of carbonyl (C=O) groups is 3. The Kier molecular flexibility index (Phi) is 5.31. The maximum absolute atomic E-state index is 12.0. The van der Waals surface area contributed by atoms with Gasteiger partial charge in [-0.05, 0) is 37.1 Å². The third-order valence-electron chi connectivity index (χ3n) is 3.78. The first-order chi connectivity index (χ1) is 10.5. The van der Waals surface area contributed by atoms with E-state index < -0.39 is 0 Å². The summed E-state index contributed by atoms with van der Waals surface area (Å²) in [6, 6.07) is 6.58. The second kappa shape index (κ2) is 7.20. The molecule has 1 aromatic rings. The van der Waals surface area contributed by atoms with E-state index in [1.54, 1.807) is 24.3 Å². The van der Waals surface area contributed by atoms with Crippen LogP contribution in [-0.4, -0.2) is 24.3 Å². The molecular weight excluding hydrogens is 282 g/mol. The van der Waals surface area contributed by atoms with E-state index in [4.69, 9.17) is 4.74 Å². The van der Waals surface area contributed by atoms with Crippen LogP contribution in [0.1, 0.15) is 43.5 Å². The zero-order valence-electron chi connectivity index (χ0n) is 12.9. The Labute approximate surface area is 130 Å². The molecule has 1 amide bonds. The highest BCUT2D eigenvalue weighted by molar-refractivity contribution is 5.99. The van der Waals surface area contributed by atoms with Gasteiger partial charge >= 0.3 is 5.97 Å². The number of benzene rings is 1. The normalized spacial score (nSPS) is 14.3. The highest BCUT2D eigenvalue weighted by Gasteiger charge is 2.27. The smallest absolute Gasteiger partial charge is 0.309 e. The average Bonchev–Trinajstić information content (AvgIpc) is 2.43. The molecule has 0 atom stereocenters. The van der Waals surface area contributed by atoms with Gasteiger partial charge in [0, 0.05) is 17.2 Å². The van der Waals surface area contributed by atoms with Crippen molar-refractivity contribution in [3.8, 4) is 0 Å². The van der Waals surface area contributed by atoms with Crippen LogP contribution in [0.4, 0.5) is 5.69 Å². The molecule has 0 unspecified atom stereocenters. The number of ether oxygens (including phenoxy) is 1. The predicted molar refractivity (Wildman–Crippen MR) is 82.5 cm³/mol. The molecule has 0 saturated heterocycles. The van der Waals surface area contributed by atoms with Gasteiger partial charge in [0.25, 0.3) is 0 Å². The van der Waals surface area contributed by atoms with Gasteiger partial charge in [-0.1, -0.05) is 20.3 Å². The third-order valence-corrected chi connectivity index (χ3v) is 3.78. The van der Waals surface area contributed by atoms with Gasteiger partial charge in [-0.2, -0.15) is 0 Å². The van der Waals surface area contributed by atoms with E-state index in [1.807, 2.05) is 13.8 Å². The second-order valence-corrected chi connectivity index (χ2v) is 5.88. The Morgan fingerprint density at radius 1 is 1.18 bits per heavy atom. The molecule has 2 rings (SSSR count). The lowest BCUT2D eigenvalue weighted by Gasteiger charge is -2.22. The first kappa shape index (κ1) is 16.2. The summed E-state index contributed by atoms with van der Waals surface area (Å²) in [5, 5.41) is 2.75. The molecule has 0 radical (unpaired) electrons. The van der Waals surface area contributed by atoms with Gasteiger partial charge in [0.15, 0.2) is 12.4 Å². The van der Waals surface area contributed by atoms with Gasteiger partial charge in [0.2, 0.25) is 5.91 Å². The summed E-state index contributed by atoms with van der Waals surface area (Å²) in [6.45, 7) is 3.39. The number of nitrogens with one attached hydrogen (secondary N) is 1. The summed E-state index contributed by atoms with van der Waals surface area (Å²) in [4.78, 5) is 35.1. The van der Waals surface area contributed by atoms with E-state index in [-0.39, 0.29) is 36.1 Å². The van der Waals surface area contributed by atoms with Crippen LogP contribution in [0, 0.1) is 11.8 Å². The number of Topliss-reactive ketones (excluding diaryl/α,β-unsaturated/α-hetero) is 1. The minimum absolute atomic E-state index is 0.0265. The van der Waals surface area contributed by atoms with Gasteiger partial charge in [-0.25, -0.2) is 0 Å². The van der Waals surface area contributed by atoms with Crippen LogP contribution < -0.4 is 5.32 Å². The Hall–Kier alpha value is -2.17. The quantitative estimate of drug-likeness (QED) is 0.648. The molecule has 0 spiro atoms. The summed E-state index contributed by atoms with van der Waals surface area (Å²) in [7, 11) is 0. The largest absolute Gasteiger partial charge is 0.457 e. The van der Waals surface area contributed by atoms with Crippen molar-refractivity contribution in [2.45, 2.75) is 33.1 Å². The van der Waals surface area contributed by atoms with Crippen molar-refractivity contribution in [1.82, 2.24) is 0 Å². The van der Waals surface area contributed by atoms with E-state index in [0.717, 1.165) is 19.3 Å². The summed E-state index contributed by atoms with van der Waals surface area (Å²) in [6.07, 6.45) is 2.77. The van der Waals surface area contributed by atoms with E-state index in [9.17, 15) is 14.4 Å². The number of esters is 1. The van der Waals surface area contributed by atoms with Crippen molar-refractivity contribution >= 4 is 23.3 Å².